The van der Waals surface area contributed by atoms with E-state index in [1.165, 1.54) is 50.9 Å². The first kappa shape index (κ1) is 12.8. The minimum atomic E-state index is 0.770. The lowest BCUT2D eigenvalue weighted by atomic mass is 9.74. The van der Waals surface area contributed by atoms with Crippen LogP contribution in [0.15, 0.2) is 24.3 Å². The number of hydrogen-bond donors (Lipinski definition) is 1. The van der Waals surface area contributed by atoms with Gasteiger partial charge in [0.15, 0.2) is 0 Å². The second-order valence-corrected chi connectivity index (χ2v) is 7.19. The first-order valence-corrected chi connectivity index (χ1v) is 8.33. The quantitative estimate of drug-likeness (QED) is 0.908. The van der Waals surface area contributed by atoms with Gasteiger partial charge < -0.3 is 10.2 Å². The van der Waals surface area contributed by atoms with Crippen molar-refractivity contribution in [3.63, 3.8) is 0 Å². The summed E-state index contributed by atoms with van der Waals surface area (Å²) in [7, 11) is 0. The van der Waals surface area contributed by atoms with Crippen LogP contribution < -0.4 is 5.32 Å². The van der Waals surface area contributed by atoms with Crippen LogP contribution in [0.3, 0.4) is 0 Å². The van der Waals surface area contributed by atoms with E-state index in [-0.39, 0.29) is 0 Å². The van der Waals surface area contributed by atoms with E-state index in [4.69, 9.17) is 0 Å². The van der Waals surface area contributed by atoms with Crippen molar-refractivity contribution < 1.29 is 0 Å². The average Bonchev–Trinajstić information content (AvgIpc) is 2.43. The van der Waals surface area contributed by atoms with Crippen molar-refractivity contribution in [2.45, 2.75) is 50.6 Å². The van der Waals surface area contributed by atoms with E-state index in [0.717, 1.165) is 23.9 Å². The summed E-state index contributed by atoms with van der Waals surface area (Å²) in [5.41, 5.74) is 2.95. The van der Waals surface area contributed by atoms with E-state index in [0.29, 0.717) is 0 Å². The molecular weight excluding hydrogens is 244 g/mol. The Labute approximate surface area is 122 Å². The summed E-state index contributed by atoms with van der Waals surface area (Å²) in [6, 6.07) is 10.6. The molecule has 20 heavy (non-hydrogen) atoms. The van der Waals surface area contributed by atoms with E-state index in [1.54, 1.807) is 5.56 Å². The van der Waals surface area contributed by atoms with Crippen molar-refractivity contribution in [1.29, 1.82) is 0 Å². The first-order valence-electron chi connectivity index (χ1n) is 8.33. The molecule has 1 aromatic rings. The smallest absolute Gasteiger partial charge is 0.0226 e. The topological polar surface area (TPSA) is 15.3 Å². The molecule has 1 atom stereocenters. The Hall–Kier alpha value is -0.860. The largest absolute Gasteiger partial charge is 0.310 e. The number of benzene rings is 1. The third kappa shape index (κ3) is 2.40. The normalized spacial score (nSPS) is 39.5. The summed E-state index contributed by atoms with van der Waals surface area (Å²) in [6.07, 6.45) is 5.52. The highest BCUT2D eigenvalue weighted by Gasteiger charge is 2.38. The minimum Gasteiger partial charge on any atom is -0.310 e. The Morgan fingerprint density at radius 3 is 2.60 bits per heavy atom. The van der Waals surface area contributed by atoms with Crippen LogP contribution in [-0.4, -0.2) is 36.6 Å². The molecule has 0 aromatic heterocycles. The zero-order chi connectivity index (χ0) is 13.5. The lowest BCUT2D eigenvalue weighted by molar-refractivity contribution is 0.0584. The fraction of sp³-hybridized carbons (Fsp3) is 0.667. The fourth-order valence-corrected chi connectivity index (χ4v) is 4.41. The zero-order valence-electron chi connectivity index (χ0n) is 12.5. The third-order valence-electron chi connectivity index (χ3n) is 5.76. The maximum absolute atomic E-state index is 3.96. The Kier molecular flexibility index (Phi) is 3.31. The number of nitrogens with one attached hydrogen (secondary N) is 1. The van der Waals surface area contributed by atoms with E-state index in [9.17, 15) is 0 Å². The van der Waals surface area contributed by atoms with Crippen LogP contribution in [0.1, 0.15) is 42.7 Å². The summed E-state index contributed by atoms with van der Waals surface area (Å²) in [5, 5.41) is 3.96. The highest BCUT2D eigenvalue weighted by Crippen LogP contribution is 2.38. The van der Waals surface area contributed by atoms with Gasteiger partial charge in [-0.1, -0.05) is 29.8 Å². The summed E-state index contributed by atoms with van der Waals surface area (Å²) >= 11 is 0. The van der Waals surface area contributed by atoms with Gasteiger partial charge in [-0.05, 0) is 63.1 Å². The summed E-state index contributed by atoms with van der Waals surface area (Å²) in [6.45, 7) is 6.19. The molecule has 0 amide bonds. The van der Waals surface area contributed by atoms with Crippen molar-refractivity contribution in [2.24, 2.45) is 5.92 Å². The maximum Gasteiger partial charge on any atom is 0.0226 e. The van der Waals surface area contributed by atoms with Gasteiger partial charge in [-0.15, -0.1) is 0 Å². The number of piperidine rings is 3. The lowest BCUT2D eigenvalue weighted by Gasteiger charge is -2.48. The number of nitrogens with zero attached hydrogens (tertiary/aromatic N) is 1. The predicted octanol–water partition coefficient (Wildman–Crippen LogP) is 2.92. The number of aryl methyl sites for hydroxylation is 1. The van der Waals surface area contributed by atoms with Crippen molar-refractivity contribution in [3.8, 4) is 0 Å². The first-order chi connectivity index (χ1) is 9.78. The van der Waals surface area contributed by atoms with Gasteiger partial charge in [0.2, 0.25) is 0 Å². The van der Waals surface area contributed by atoms with Gasteiger partial charge in [0.05, 0.1) is 0 Å². The Morgan fingerprint density at radius 1 is 1.15 bits per heavy atom. The summed E-state index contributed by atoms with van der Waals surface area (Å²) < 4.78 is 0. The van der Waals surface area contributed by atoms with Gasteiger partial charge in [0, 0.05) is 18.6 Å². The highest BCUT2D eigenvalue weighted by molar-refractivity contribution is 5.27. The summed E-state index contributed by atoms with van der Waals surface area (Å²) in [4.78, 5) is 2.65. The molecule has 2 heteroatoms. The van der Waals surface area contributed by atoms with Crippen LogP contribution in [0.4, 0.5) is 0 Å². The van der Waals surface area contributed by atoms with E-state index in [2.05, 4.69) is 41.4 Å². The van der Waals surface area contributed by atoms with Crippen molar-refractivity contribution in [1.82, 2.24) is 10.2 Å². The van der Waals surface area contributed by atoms with Crippen LogP contribution in [0.5, 0.6) is 0 Å². The molecule has 3 saturated heterocycles. The summed E-state index contributed by atoms with van der Waals surface area (Å²) in [5.74, 6) is 1.76. The average molecular weight is 270 g/mol. The molecule has 1 saturated carbocycles. The molecule has 3 aliphatic heterocycles. The monoisotopic (exact) mass is 270 g/mol. The van der Waals surface area contributed by atoms with Gasteiger partial charge in [-0.2, -0.15) is 0 Å². The molecule has 4 fully saturated rings. The zero-order valence-corrected chi connectivity index (χ0v) is 12.5. The highest BCUT2D eigenvalue weighted by atomic mass is 15.2. The van der Waals surface area contributed by atoms with Gasteiger partial charge in [0.1, 0.15) is 0 Å². The molecule has 108 valence electrons. The SMILES string of the molecule is Cc1cccc(C2CC(NC3CN4CCC3CC4)C2)c1. The van der Waals surface area contributed by atoms with Crippen LogP contribution in [0.25, 0.3) is 0 Å². The van der Waals surface area contributed by atoms with E-state index in [1.807, 2.05) is 0 Å². The maximum atomic E-state index is 3.96. The molecule has 3 heterocycles. The van der Waals surface area contributed by atoms with E-state index >= 15 is 0 Å². The van der Waals surface area contributed by atoms with Gasteiger partial charge in [-0.25, -0.2) is 0 Å². The van der Waals surface area contributed by atoms with Crippen LogP contribution >= 0.6 is 0 Å². The molecule has 1 N–H and O–H groups in total. The van der Waals surface area contributed by atoms with Crippen molar-refractivity contribution >= 4 is 0 Å². The minimum absolute atomic E-state index is 0.770. The molecule has 0 radical (unpaired) electrons. The molecule has 4 aliphatic rings. The molecule has 0 spiro atoms. The Balaban J connectivity index is 1.31. The number of rotatable bonds is 3. The Bertz CT molecular complexity index is 470. The molecule has 5 rings (SSSR count). The molecule has 1 aliphatic carbocycles. The van der Waals surface area contributed by atoms with Crippen molar-refractivity contribution in [3.05, 3.63) is 35.4 Å². The standard InChI is InChI=1S/C18H26N2/c1-13-3-2-4-15(9-13)16-10-17(11-16)19-18-12-20-7-5-14(18)6-8-20/h2-4,9,14,16-19H,5-8,10-12H2,1H3. The third-order valence-corrected chi connectivity index (χ3v) is 5.76. The van der Waals surface area contributed by atoms with Crippen LogP contribution in [-0.2, 0) is 0 Å². The number of fused-ring (bicyclic) bond motifs is 3. The number of hydrogen-bond acceptors (Lipinski definition) is 2. The van der Waals surface area contributed by atoms with Gasteiger partial charge in [-0.3, -0.25) is 0 Å². The fourth-order valence-electron chi connectivity index (χ4n) is 4.41. The molecule has 2 bridgehead atoms. The van der Waals surface area contributed by atoms with Gasteiger partial charge >= 0.3 is 0 Å². The predicted molar refractivity (Wildman–Crippen MR) is 83.0 cm³/mol. The molecule has 1 aromatic carbocycles. The second kappa shape index (κ2) is 5.16. The van der Waals surface area contributed by atoms with E-state index < -0.39 is 0 Å². The Morgan fingerprint density at radius 2 is 1.95 bits per heavy atom. The van der Waals surface area contributed by atoms with Gasteiger partial charge in [0.25, 0.3) is 0 Å². The molecule has 1 unspecified atom stereocenters. The second-order valence-electron chi connectivity index (χ2n) is 7.19. The molecular formula is C18H26N2. The lowest BCUT2D eigenvalue weighted by Crippen LogP contribution is -2.59. The van der Waals surface area contributed by atoms with Crippen LogP contribution in [0, 0.1) is 12.8 Å². The molecule has 2 nitrogen and oxygen atoms in total. The van der Waals surface area contributed by atoms with Crippen LogP contribution in [0.2, 0.25) is 0 Å². The van der Waals surface area contributed by atoms with Crippen molar-refractivity contribution in [2.75, 3.05) is 19.6 Å².